The number of amides is 2. The second-order valence-electron chi connectivity index (χ2n) is 7.31. The Labute approximate surface area is 184 Å². The Bertz CT molecular complexity index is 1090. The smallest absolute Gasteiger partial charge is 0.271 e. The highest BCUT2D eigenvalue weighted by Crippen LogP contribution is 2.29. The molecule has 1 saturated heterocycles. The number of aromatic amines is 1. The van der Waals surface area contributed by atoms with Crippen LogP contribution in [0.25, 0.3) is 11.4 Å². The highest BCUT2D eigenvalue weighted by molar-refractivity contribution is 6.31. The zero-order chi connectivity index (χ0) is 21.8. The number of halogens is 1. The molecule has 8 nitrogen and oxygen atoms in total. The number of piperidine rings is 1. The molecule has 2 N–H and O–H groups in total. The van der Waals surface area contributed by atoms with Gasteiger partial charge in [0.25, 0.3) is 5.91 Å². The van der Waals surface area contributed by atoms with Crippen molar-refractivity contribution in [3.63, 3.8) is 0 Å². The number of hydrogen-bond acceptors (Lipinski definition) is 5. The maximum Gasteiger partial charge on any atom is 0.271 e. The van der Waals surface area contributed by atoms with E-state index < -0.39 is 0 Å². The Hall–Kier alpha value is -3.39. The molecule has 0 radical (unpaired) electrons. The lowest BCUT2D eigenvalue weighted by Gasteiger charge is -2.31. The molecule has 31 heavy (non-hydrogen) atoms. The normalized spacial score (nSPS) is 16.1. The van der Waals surface area contributed by atoms with E-state index in [1.54, 1.807) is 35.4 Å². The molecule has 1 aliphatic rings. The fourth-order valence-corrected chi connectivity index (χ4v) is 3.81. The number of methoxy groups -OCH3 is 1. The van der Waals surface area contributed by atoms with Crippen LogP contribution in [0.3, 0.4) is 0 Å². The Morgan fingerprint density at radius 1 is 1.23 bits per heavy atom. The monoisotopic (exact) mass is 439 g/mol. The number of rotatable bonds is 5. The maximum atomic E-state index is 13.0. The van der Waals surface area contributed by atoms with Crippen LogP contribution in [0.1, 0.15) is 23.3 Å². The van der Waals surface area contributed by atoms with E-state index in [-0.39, 0.29) is 17.7 Å². The third kappa shape index (κ3) is 4.69. The lowest BCUT2D eigenvalue weighted by molar-refractivity contribution is -0.121. The second kappa shape index (κ2) is 9.18. The number of nitrogens with one attached hydrogen (secondary N) is 2. The number of aromatic nitrogens is 3. The van der Waals surface area contributed by atoms with Crippen molar-refractivity contribution in [3.8, 4) is 17.1 Å². The van der Waals surface area contributed by atoms with E-state index in [0.717, 1.165) is 6.42 Å². The van der Waals surface area contributed by atoms with Crippen molar-refractivity contribution >= 4 is 29.1 Å². The molecule has 9 heteroatoms. The van der Waals surface area contributed by atoms with Crippen molar-refractivity contribution in [1.82, 2.24) is 20.1 Å². The number of carbonyl (C=O) groups is 2. The molecular weight excluding hydrogens is 418 g/mol. The molecule has 3 aromatic rings. The van der Waals surface area contributed by atoms with E-state index in [9.17, 15) is 9.59 Å². The minimum atomic E-state index is -0.334. The van der Waals surface area contributed by atoms with E-state index in [1.807, 2.05) is 18.2 Å². The summed E-state index contributed by atoms with van der Waals surface area (Å²) in [6.07, 6.45) is 3.10. The number of pyridine rings is 1. The van der Waals surface area contributed by atoms with Crippen molar-refractivity contribution in [2.24, 2.45) is 5.92 Å². The third-order valence-corrected chi connectivity index (χ3v) is 5.47. The number of benzene rings is 1. The number of anilines is 1. The maximum absolute atomic E-state index is 13.0. The number of carbonyl (C=O) groups excluding carboxylic acids is 2. The highest BCUT2D eigenvalue weighted by Gasteiger charge is 2.30. The van der Waals surface area contributed by atoms with Crippen molar-refractivity contribution in [2.45, 2.75) is 12.8 Å². The topological polar surface area (TPSA) is 100 Å². The predicted octanol–water partition coefficient (Wildman–Crippen LogP) is 3.62. The van der Waals surface area contributed by atoms with Crippen molar-refractivity contribution < 1.29 is 14.3 Å². The SMILES string of the molecule is COc1ccc(Cl)cc1NC(=O)[C@@H]1CCCN(C(=O)c2cc(-c3ccccn3)n[nH]2)C1. The molecule has 0 spiro atoms. The van der Waals surface area contributed by atoms with Gasteiger partial charge in [-0.2, -0.15) is 5.10 Å². The van der Waals surface area contributed by atoms with Gasteiger partial charge in [-0.1, -0.05) is 17.7 Å². The Morgan fingerprint density at radius 2 is 2.10 bits per heavy atom. The zero-order valence-electron chi connectivity index (χ0n) is 17.0. The Balaban J connectivity index is 1.44. The molecule has 0 saturated carbocycles. The van der Waals surface area contributed by atoms with Crippen LogP contribution in [0.2, 0.25) is 5.02 Å². The standard InChI is InChI=1S/C22H22ClN5O3/c1-31-20-8-7-15(23)11-18(20)25-21(29)14-5-4-10-28(13-14)22(30)19-12-17(26-27-19)16-6-2-3-9-24-16/h2-3,6-9,11-12,14H,4-5,10,13H2,1H3,(H,25,29)(H,26,27)/t14-/m1/s1. The molecule has 3 heterocycles. The molecule has 0 aliphatic carbocycles. The number of nitrogens with zero attached hydrogens (tertiary/aromatic N) is 3. The summed E-state index contributed by atoms with van der Waals surface area (Å²) in [6.45, 7) is 0.909. The average Bonchev–Trinajstić information content (AvgIpc) is 3.30. The van der Waals surface area contributed by atoms with Gasteiger partial charge in [-0.25, -0.2) is 0 Å². The molecule has 0 bridgehead atoms. The van der Waals surface area contributed by atoms with Crippen molar-refractivity contribution in [2.75, 3.05) is 25.5 Å². The highest BCUT2D eigenvalue weighted by atomic mass is 35.5. The van der Waals surface area contributed by atoms with Crippen LogP contribution in [-0.2, 0) is 4.79 Å². The molecule has 160 valence electrons. The summed E-state index contributed by atoms with van der Waals surface area (Å²) >= 11 is 6.05. The van der Waals surface area contributed by atoms with Crippen LogP contribution >= 0.6 is 11.6 Å². The summed E-state index contributed by atoms with van der Waals surface area (Å²) < 4.78 is 5.29. The van der Waals surface area contributed by atoms with Crippen LogP contribution < -0.4 is 10.1 Å². The van der Waals surface area contributed by atoms with E-state index in [4.69, 9.17) is 16.3 Å². The quantitative estimate of drug-likeness (QED) is 0.632. The Kier molecular flexibility index (Phi) is 6.18. The van der Waals surface area contributed by atoms with Crippen LogP contribution in [0.15, 0.2) is 48.7 Å². The van der Waals surface area contributed by atoms with Gasteiger partial charge in [0.15, 0.2) is 0 Å². The van der Waals surface area contributed by atoms with Gasteiger partial charge in [-0.05, 0) is 49.2 Å². The van der Waals surface area contributed by atoms with Crippen molar-refractivity contribution in [1.29, 1.82) is 0 Å². The minimum absolute atomic E-state index is 0.170. The number of likely N-dealkylation sites (tertiary alicyclic amines) is 1. The van der Waals surface area contributed by atoms with Crippen LogP contribution in [0.4, 0.5) is 5.69 Å². The molecule has 1 aromatic carbocycles. The van der Waals surface area contributed by atoms with Gasteiger partial charge in [0.1, 0.15) is 17.1 Å². The molecule has 2 amide bonds. The lowest BCUT2D eigenvalue weighted by Crippen LogP contribution is -2.43. The minimum Gasteiger partial charge on any atom is -0.495 e. The van der Waals surface area contributed by atoms with Gasteiger partial charge < -0.3 is 15.0 Å². The summed E-state index contributed by atoms with van der Waals surface area (Å²) in [5.74, 6) is -0.162. The van der Waals surface area contributed by atoms with Gasteiger partial charge in [0.05, 0.1) is 24.4 Å². The van der Waals surface area contributed by atoms with Gasteiger partial charge in [0, 0.05) is 24.3 Å². The van der Waals surface area contributed by atoms with Crippen molar-refractivity contribution in [3.05, 3.63) is 59.4 Å². The van der Waals surface area contributed by atoms with Crippen LogP contribution in [0, 0.1) is 5.92 Å². The predicted molar refractivity (Wildman–Crippen MR) is 117 cm³/mol. The fourth-order valence-electron chi connectivity index (χ4n) is 3.64. The lowest BCUT2D eigenvalue weighted by atomic mass is 9.96. The average molecular weight is 440 g/mol. The van der Waals surface area contributed by atoms with Crippen LogP contribution in [0.5, 0.6) is 5.75 Å². The molecule has 1 atom stereocenters. The number of hydrogen-bond donors (Lipinski definition) is 2. The van der Waals surface area contributed by atoms with E-state index in [0.29, 0.717) is 53.1 Å². The molecular formula is C22H22ClN5O3. The van der Waals surface area contributed by atoms with E-state index in [2.05, 4.69) is 20.5 Å². The van der Waals surface area contributed by atoms with Gasteiger partial charge in [0.2, 0.25) is 5.91 Å². The third-order valence-electron chi connectivity index (χ3n) is 5.23. The summed E-state index contributed by atoms with van der Waals surface area (Å²) in [5.41, 5.74) is 2.17. The van der Waals surface area contributed by atoms with Gasteiger partial charge >= 0.3 is 0 Å². The molecule has 2 aromatic heterocycles. The summed E-state index contributed by atoms with van der Waals surface area (Å²) in [5, 5.41) is 10.4. The van der Waals surface area contributed by atoms with E-state index in [1.165, 1.54) is 7.11 Å². The second-order valence-corrected chi connectivity index (χ2v) is 7.74. The molecule has 4 rings (SSSR count). The Morgan fingerprint density at radius 3 is 2.87 bits per heavy atom. The first-order valence-electron chi connectivity index (χ1n) is 9.95. The van der Waals surface area contributed by atoms with E-state index >= 15 is 0 Å². The number of ether oxygens (including phenoxy) is 1. The summed E-state index contributed by atoms with van der Waals surface area (Å²) in [6, 6.07) is 12.2. The largest absolute Gasteiger partial charge is 0.495 e. The van der Waals surface area contributed by atoms with Gasteiger partial charge in [-0.3, -0.25) is 19.7 Å². The fraction of sp³-hybridized carbons (Fsp3) is 0.273. The van der Waals surface area contributed by atoms with Gasteiger partial charge in [-0.15, -0.1) is 0 Å². The summed E-state index contributed by atoms with van der Waals surface area (Å²) in [4.78, 5) is 31.8. The first-order chi connectivity index (χ1) is 15.0. The first kappa shape index (κ1) is 20.9. The molecule has 1 fully saturated rings. The molecule has 0 unspecified atom stereocenters. The van der Waals surface area contributed by atoms with Crippen LogP contribution in [-0.4, -0.2) is 52.1 Å². The zero-order valence-corrected chi connectivity index (χ0v) is 17.7. The molecule has 1 aliphatic heterocycles. The first-order valence-corrected chi connectivity index (χ1v) is 10.3. The summed E-state index contributed by atoms with van der Waals surface area (Å²) in [7, 11) is 1.53. The number of H-pyrrole nitrogens is 1.